The van der Waals surface area contributed by atoms with E-state index in [1.807, 2.05) is 0 Å². The molecule has 2 unspecified atom stereocenters. The molecule has 0 aliphatic carbocycles. The van der Waals surface area contributed by atoms with Crippen molar-refractivity contribution in [2.75, 3.05) is 26.2 Å². The van der Waals surface area contributed by atoms with Gasteiger partial charge in [0, 0.05) is 24.7 Å². The van der Waals surface area contributed by atoms with E-state index in [0.29, 0.717) is 6.04 Å². The number of ether oxygens (including phenoxy) is 1. The van der Waals surface area contributed by atoms with Gasteiger partial charge in [-0.15, -0.1) is 0 Å². The second-order valence-electron chi connectivity index (χ2n) is 8.23. The monoisotopic (exact) mass is 300 g/mol. The van der Waals surface area contributed by atoms with Gasteiger partial charge in [-0.1, -0.05) is 6.92 Å². The molecule has 0 bridgehead atoms. The normalized spacial score (nSPS) is 26.3. The number of aliphatic hydroxyl groups is 1. The first-order chi connectivity index (χ1) is 9.52. The number of morpholine rings is 1. The lowest BCUT2D eigenvalue weighted by Gasteiger charge is -2.50. The van der Waals surface area contributed by atoms with Gasteiger partial charge in [-0.3, -0.25) is 4.90 Å². The maximum atomic E-state index is 9.76. The summed E-state index contributed by atoms with van der Waals surface area (Å²) >= 11 is 0. The second kappa shape index (κ2) is 6.95. The molecule has 0 saturated carbocycles. The number of aliphatic hydroxyl groups excluding tert-OH is 1. The quantitative estimate of drug-likeness (QED) is 0.758. The van der Waals surface area contributed by atoms with Crippen molar-refractivity contribution in [3.8, 4) is 0 Å². The van der Waals surface area contributed by atoms with Gasteiger partial charge >= 0.3 is 0 Å². The highest BCUT2D eigenvalue weighted by atomic mass is 16.5. The molecule has 1 heterocycles. The van der Waals surface area contributed by atoms with E-state index in [0.717, 1.165) is 32.5 Å². The number of nitrogens with zero attached hydrogens (tertiary/aromatic N) is 1. The Labute approximate surface area is 131 Å². The molecule has 2 N–H and O–H groups in total. The number of rotatable bonds is 7. The number of hydrogen-bond acceptors (Lipinski definition) is 4. The summed E-state index contributed by atoms with van der Waals surface area (Å²) in [6.45, 7) is 18.2. The van der Waals surface area contributed by atoms with Crippen molar-refractivity contribution in [3.63, 3.8) is 0 Å². The average molecular weight is 300 g/mol. The highest BCUT2D eigenvalue weighted by Gasteiger charge is 2.40. The molecule has 0 aromatic rings. The van der Waals surface area contributed by atoms with Gasteiger partial charge in [0.2, 0.25) is 0 Å². The van der Waals surface area contributed by atoms with Crippen LogP contribution in [-0.2, 0) is 4.74 Å². The molecule has 0 aromatic carbocycles. The van der Waals surface area contributed by atoms with E-state index in [1.165, 1.54) is 0 Å². The summed E-state index contributed by atoms with van der Waals surface area (Å²) in [5.74, 6) is 0. The number of hydrogen-bond donors (Lipinski definition) is 2. The highest BCUT2D eigenvalue weighted by Crippen LogP contribution is 2.30. The Morgan fingerprint density at radius 2 is 1.76 bits per heavy atom. The minimum atomic E-state index is -0.206. The van der Waals surface area contributed by atoms with Crippen LogP contribution < -0.4 is 5.32 Å². The zero-order valence-electron chi connectivity index (χ0n) is 15.1. The summed E-state index contributed by atoms with van der Waals surface area (Å²) < 4.78 is 6.16. The maximum absolute atomic E-state index is 9.76. The van der Waals surface area contributed by atoms with Crippen LogP contribution in [-0.4, -0.2) is 59.0 Å². The Bertz CT molecular complexity index is 315. The molecule has 21 heavy (non-hydrogen) atoms. The summed E-state index contributed by atoms with van der Waals surface area (Å²) in [6, 6.07) is 0.411. The first-order valence-corrected chi connectivity index (χ1v) is 8.33. The van der Waals surface area contributed by atoms with Gasteiger partial charge in [0.1, 0.15) is 0 Å². The van der Waals surface area contributed by atoms with Crippen molar-refractivity contribution < 1.29 is 9.84 Å². The molecule has 0 amide bonds. The van der Waals surface area contributed by atoms with Gasteiger partial charge in [0.05, 0.1) is 17.8 Å². The van der Waals surface area contributed by atoms with E-state index in [9.17, 15) is 5.11 Å². The van der Waals surface area contributed by atoms with Gasteiger partial charge in [0.15, 0.2) is 0 Å². The summed E-state index contributed by atoms with van der Waals surface area (Å²) in [6.07, 6.45) is 2.03. The van der Waals surface area contributed by atoms with Gasteiger partial charge in [-0.05, 0) is 60.9 Å². The molecule has 0 spiro atoms. The topological polar surface area (TPSA) is 44.7 Å². The second-order valence-corrected chi connectivity index (χ2v) is 8.23. The fourth-order valence-electron chi connectivity index (χ4n) is 3.56. The summed E-state index contributed by atoms with van der Waals surface area (Å²) in [7, 11) is 0. The zero-order valence-corrected chi connectivity index (χ0v) is 15.1. The van der Waals surface area contributed by atoms with E-state index >= 15 is 0 Å². The van der Waals surface area contributed by atoms with Crippen molar-refractivity contribution in [1.29, 1.82) is 0 Å². The number of nitrogens with one attached hydrogen (secondary N) is 1. The third-order valence-corrected chi connectivity index (χ3v) is 4.24. The van der Waals surface area contributed by atoms with Gasteiger partial charge in [-0.25, -0.2) is 0 Å². The first kappa shape index (κ1) is 18.9. The van der Waals surface area contributed by atoms with Crippen LogP contribution in [0.15, 0.2) is 0 Å². The smallest absolute Gasteiger partial charge is 0.0760 e. The van der Waals surface area contributed by atoms with Crippen LogP contribution in [0.5, 0.6) is 0 Å². The van der Waals surface area contributed by atoms with E-state index < -0.39 is 0 Å². The molecular formula is C17H36N2O2. The van der Waals surface area contributed by atoms with Crippen LogP contribution in [0.4, 0.5) is 0 Å². The first-order valence-electron chi connectivity index (χ1n) is 8.33. The van der Waals surface area contributed by atoms with Crippen molar-refractivity contribution in [2.24, 2.45) is 0 Å². The minimum Gasteiger partial charge on any atom is -0.394 e. The largest absolute Gasteiger partial charge is 0.394 e. The van der Waals surface area contributed by atoms with Gasteiger partial charge < -0.3 is 15.2 Å². The molecule has 126 valence electrons. The maximum Gasteiger partial charge on any atom is 0.0760 e. The van der Waals surface area contributed by atoms with E-state index in [2.05, 4.69) is 58.7 Å². The molecule has 1 aliphatic rings. The predicted molar refractivity (Wildman–Crippen MR) is 88.7 cm³/mol. The Morgan fingerprint density at radius 3 is 2.19 bits per heavy atom. The van der Waals surface area contributed by atoms with Crippen LogP contribution >= 0.6 is 0 Å². The lowest BCUT2D eigenvalue weighted by atomic mass is 9.90. The lowest BCUT2D eigenvalue weighted by molar-refractivity contribution is -0.188. The van der Waals surface area contributed by atoms with Crippen LogP contribution in [0.1, 0.15) is 61.3 Å². The lowest BCUT2D eigenvalue weighted by Crippen LogP contribution is -2.61. The van der Waals surface area contributed by atoms with Crippen LogP contribution in [0, 0.1) is 0 Å². The molecule has 0 aromatic heterocycles. The Kier molecular flexibility index (Phi) is 6.25. The third-order valence-electron chi connectivity index (χ3n) is 4.24. The molecule has 4 nitrogen and oxygen atoms in total. The SMILES string of the molecule is CCCNC(C)(CO)CC(C)N1CC(C)(C)OC(C)(C)C1. The molecule has 4 heteroatoms. The Hall–Kier alpha value is -0.160. The molecule has 1 saturated heterocycles. The summed E-state index contributed by atoms with van der Waals surface area (Å²) in [5.41, 5.74) is -0.451. The average Bonchev–Trinajstić information content (AvgIpc) is 2.32. The molecule has 2 atom stereocenters. The zero-order chi connectivity index (χ0) is 16.3. The van der Waals surface area contributed by atoms with Crippen LogP contribution in [0.2, 0.25) is 0 Å². The van der Waals surface area contributed by atoms with Crippen molar-refractivity contribution in [1.82, 2.24) is 10.2 Å². The van der Waals surface area contributed by atoms with Gasteiger partial charge in [0.25, 0.3) is 0 Å². The van der Waals surface area contributed by atoms with Crippen LogP contribution in [0.3, 0.4) is 0 Å². The fourth-order valence-corrected chi connectivity index (χ4v) is 3.56. The highest BCUT2D eigenvalue weighted by molar-refractivity contribution is 4.94. The Morgan fingerprint density at radius 1 is 1.24 bits per heavy atom. The van der Waals surface area contributed by atoms with E-state index in [1.54, 1.807) is 0 Å². The summed E-state index contributed by atoms with van der Waals surface area (Å²) in [5, 5.41) is 13.3. The molecular weight excluding hydrogens is 264 g/mol. The minimum absolute atomic E-state index is 0.123. The molecule has 1 fully saturated rings. The summed E-state index contributed by atoms with van der Waals surface area (Å²) in [4.78, 5) is 2.50. The predicted octanol–water partition coefficient (Wildman–Crippen LogP) is 2.41. The third kappa shape index (κ3) is 5.85. The standard InChI is InChI=1S/C17H36N2O2/c1-8-9-18-17(7,13-20)10-14(2)19-11-15(3,4)21-16(5,6)12-19/h14,18,20H,8-13H2,1-7H3. The molecule has 0 radical (unpaired) electrons. The van der Waals surface area contributed by atoms with Crippen molar-refractivity contribution in [3.05, 3.63) is 0 Å². The van der Waals surface area contributed by atoms with Gasteiger partial charge in [-0.2, -0.15) is 0 Å². The molecule has 1 aliphatic heterocycles. The van der Waals surface area contributed by atoms with Crippen molar-refractivity contribution >= 4 is 0 Å². The van der Waals surface area contributed by atoms with Crippen molar-refractivity contribution in [2.45, 2.75) is 84.1 Å². The van der Waals surface area contributed by atoms with E-state index in [4.69, 9.17) is 4.74 Å². The van der Waals surface area contributed by atoms with Crippen LogP contribution in [0.25, 0.3) is 0 Å². The Balaban J connectivity index is 2.71. The fraction of sp³-hybridized carbons (Fsp3) is 1.00. The molecule has 1 rings (SSSR count). The van der Waals surface area contributed by atoms with E-state index in [-0.39, 0.29) is 23.3 Å².